The molecule has 2 atom stereocenters. The summed E-state index contributed by atoms with van der Waals surface area (Å²) < 4.78 is 14.0. The minimum atomic E-state index is -1.35. The zero-order valence-corrected chi connectivity index (χ0v) is 38.6. The van der Waals surface area contributed by atoms with Crippen molar-refractivity contribution in [2.24, 2.45) is 0 Å². The van der Waals surface area contributed by atoms with Gasteiger partial charge >= 0.3 is 342 Å². The van der Waals surface area contributed by atoms with E-state index in [0.29, 0.717) is 7.25 Å². The summed E-state index contributed by atoms with van der Waals surface area (Å²) in [5.41, 5.74) is 16.4. The van der Waals surface area contributed by atoms with Crippen LogP contribution < -0.4 is 24.8 Å². The smallest absolute Gasteiger partial charge is 1.00 e. The molecular weight excluding hydrogens is 819 g/mol. The number of furan rings is 2. The SMILES string of the molecule is CCCc1ccc(C2=Cc3c(-c4ccc(C(C)(C)C)cc4)cccc3[CH]2[Zr+2][CH]2C(c3ccc(CCC)o3)=Cc3c(-c4ccc(C(C)(C)C)cc4)cccc32)o1.[Cl-].[Cl-]. The van der Waals surface area contributed by atoms with Crippen LogP contribution >= 0.6 is 0 Å². The Morgan fingerprint density at radius 2 is 0.877 bits per heavy atom. The van der Waals surface area contributed by atoms with E-state index in [9.17, 15) is 0 Å². The number of hydrogen-bond acceptors (Lipinski definition) is 2. The molecule has 0 saturated carbocycles. The molecule has 0 fully saturated rings. The number of allylic oxidation sites excluding steroid dienone is 2. The maximum atomic E-state index is 6.68. The molecule has 0 radical (unpaired) electrons. The van der Waals surface area contributed by atoms with E-state index >= 15 is 0 Å². The van der Waals surface area contributed by atoms with Crippen LogP contribution in [0, 0.1) is 0 Å². The Balaban J connectivity index is 0.00000275. The molecular formula is C52H54Cl2O2Zr. The van der Waals surface area contributed by atoms with E-state index in [4.69, 9.17) is 8.83 Å². The van der Waals surface area contributed by atoms with Crippen LogP contribution in [0.3, 0.4) is 0 Å². The Morgan fingerprint density at radius 1 is 0.491 bits per heavy atom. The van der Waals surface area contributed by atoms with Gasteiger partial charge < -0.3 is 24.8 Å². The van der Waals surface area contributed by atoms with E-state index in [1.807, 2.05) is 0 Å². The molecule has 0 bridgehead atoms. The van der Waals surface area contributed by atoms with Crippen LogP contribution in [0.4, 0.5) is 0 Å². The number of hydrogen-bond donors (Lipinski definition) is 0. The monoisotopic (exact) mass is 870 g/mol. The Kier molecular flexibility index (Phi) is 13.1. The summed E-state index contributed by atoms with van der Waals surface area (Å²) in [4.78, 5) is 0. The van der Waals surface area contributed by atoms with Crippen molar-refractivity contribution in [1.29, 1.82) is 0 Å². The topological polar surface area (TPSA) is 26.3 Å². The predicted molar refractivity (Wildman–Crippen MR) is 228 cm³/mol. The molecule has 0 N–H and O–H groups in total. The van der Waals surface area contributed by atoms with Crippen LogP contribution in [-0.2, 0) is 46.9 Å². The molecule has 2 aliphatic rings. The van der Waals surface area contributed by atoms with Crippen LogP contribution in [0.15, 0.2) is 118 Å². The average Bonchev–Trinajstić information content (AvgIpc) is 3.97. The summed E-state index contributed by atoms with van der Waals surface area (Å²) in [7, 11) is 0. The standard InChI is InChI=1S/2C26H27O.2ClH.Zr/c2*1-5-7-22-14-15-25(27-22)20-16-19-8-6-9-23(24(19)17-20)18-10-12-21(13-11-18)26(2,3)4;;;/h2*6,8-17H,5,7H2,1-4H3;2*1H;/q;;;;+2/p-2. The molecule has 2 heterocycles. The first-order chi connectivity index (χ1) is 26.4. The molecule has 2 aromatic heterocycles. The molecule has 2 aliphatic carbocycles. The van der Waals surface area contributed by atoms with Gasteiger partial charge in [-0.15, -0.1) is 0 Å². The Bertz CT molecular complexity index is 2220. The molecule has 4 aromatic carbocycles. The second kappa shape index (κ2) is 17.3. The van der Waals surface area contributed by atoms with Gasteiger partial charge in [0.05, 0.1) is 0 Å². The maximum Gasteiger partial charge on any atom is -1.00 e. The predicted octanol–water partition coefficient (Wildman–Crippen LogP) is 8.69. The van der Waals surface area contributed by atoms with Gasteiger partial charge in [-0.1, -0.05) is 0 Å². The molecule has 0 aliphatic heterocycles. The zero-order chi connectivity index (χ0) is 38.5. The maximum absolute atomic E-state index is 6.68. The molecule has 5 heteroatoms. The molecule has 2 nitrogen and oxygen atoms in total. The quantitative estimate of drug-likeness (QED) is 0.138. The summed E-state index contributed by atoms with van der Waals surface area (Å²) in [6.45, 7) is 18.2. The molecule has 0 spiro atoms. The fraction of sp³-hybridized carbons (Fsp3) is 0.308. The summed E-state index contributed by atoms with van der Waals surface area (Å²) >= 11 is -1.35. The number of fused-ring (bicyclic) bond motifs is 2. The van der Waals surface area contributed by atoms with Crippen molar-refractivity contribution in [1.82, 2.24) is 0 Å². The molecule has 57 heavy (non-hydrogen) atoms. The van der Waals surface area contributed by atoms with E-state index < -0.39 is 23.2 Å². The van der Waals surface area contributed by atoms with Crippen molar-refractivity contribution in [3.05, 3.63) is 166 Å². The van der Waals surface area contributed by atoms with Gasteiger partial charge in [0, 0.05) is 0 Å². The summed E-state index contributed by atoms with van der Waals surface area (Å²) in [5.74, 6) is 4.20. The first kappa shape index (κ1) is 43.0. The van der Waals surface area contributed by atoms with Crippen LogP contribution in [-0.4, -0.2) is 0 Å². The van der Waals surface area contributed by atoms with E-state index in [-0.39, 0.29) is 35.6 Å². The van der Waals surface area contributed by atoms with Gasteiger partial charge in [0.1, 0.15) is 0 Å². The molecule has 2 unspecified atom stereocenters. The molecule has 292 valence electrons. The van der Waals surface area contributed by atoms with Gasteiger partial charge in [-0.2, -0.15) is 0 Å². The largest absolute Gasteiger partial charge is 1.00 e. The van der Waals surface area contributed by atoms with Gasteiger partial charge in [0.25, 0.3) is 0 Å². The van der Waals surface area contributed by atoms with E-state index in [1.165, 1.54) is 66.8 Å². The van der Waals surface area contributed by atoms with E-state index in [2.05, 4.69) is 177 Å². The van der Waals surface area contributed by atoms with Gasteiger partial charge in [0.15, 0.2) is 0 Å². The van der Waals surface area contributed by atoms with Crippen LogP contribution in [0.2, 0.25) is 0 Å². The first-order valence-electron chi connectivity index (χ1n) is 20.3. The van der Waals surface area contributed by atoms with Crippen molar-refractivity contribution in [3.63, 3.8) is 0 Å². The van der Waals surface area contributed by atoms with Crippen molar-refractivity contribution >= 4 is 23.3 Å². The Hall–Kier alpha value is -3.62. The average molecular weight is 873 g/mol. The van der Waals surface area contributed by atoms with Gasteiger partial charge in [-0.3, -0.25) is 0 Å². The summed E-state index contributed by atoms with van der Waals surface area (Å²) in [6, 6.07) is 41.3. The van der Waals surface area contributed by atoms with Gasteiger partial charge in [-0.05, 0) is 0 Å². The minimum Gasteiger partial charge on any atom is -1.00 e. The van der Waals surface area contributed by atoms with Crippen molar-refractivity contribution < 1.29 is 56.9 Å². The van der Waals surface area contributed by atoms with Crippen LogP contribution in [0.1, 0.15) is 132 Å². The Labute approximate surface area is 364 Å². The fourth-order valence-electron chi connectivity index (χ4n) is 8.39. The number of aryl methyl sites for hydroxylation is 2. The van der Waals surface area contributed by atoms with Crippen molar-refractivity contribution in [3.8, 4) is 22.3 Å². The summed E-state index contributed by atoms with van der Waals surface area (Å²) in [5, 5.41) is 0. The third-order valence-corrected chi connectivity index (χ3v) is 16.2. The van der Waals surface area contributed by atoms with E-state index in [0.717, 1.165) is 48.7 Å². The normalized spacial score (nSPS) is 15.9. The third-order valence-electron chi connectivity index (χ3n) is 11.5. The zero-order valence-electron chi connectivity index (χ0n) is 34.6. The molecule has 0 amide bonds. The number of rotatable bonds is 10. The number of benzene rings is 4. The van der Waals surface area contributed by atoms with Crippen molar-refractivity contribution in [2.75, 3.05) is 0 Å². The Morgan fingerprint density at radius 3 is 1.23 bits per heavy atom. The second-order valence-corrected chi connectivity index (χ2v) is 21.2. The minimum absolute atomic E-state index is 0. The first-order valence-corrected chi connectivity index (χ1v) is 23.1. The van der Waals surface area contributed by atoms with Crippen LogP contribution in [0.5, 0.6) is 0 Å². The number of halogens is 2. The second-order valence-electron chi connectivity index (χ2n) is 17.5. The van der Waals surface area contributed by atoms with Crippen LogP contribution in [0.25, 0.3) is 45.6 Å². The third kappa shape index (κ3) is 8.59. The van der Waals surface area contributed by atoms with E-state index in [1.54, 1.807) is 0 Å². The molecule has 8 rings (SSSR count). The van der Waals surface area contributed by atoms with Gasteiger partial charge in [0.2, 0.25) is 0 Å². The van der Waals surface area contributed by atoms with Crippen molar-refractivity contribution in [2.45, 2.75) is 99.2 Å². The molecule has 0 saturated heterocycles. The molecule has 6 aromatic rings. The van der Waals surface area contributed by atoms with Gasteiger partial charge in [-0.25, -0.2) is 0 Å². The summed E-state index contributed by atoms with van der Waals surface area (Å²) in [6.07, 6.45) is 8.99. The fourth-order valence-corrected chi connectivity index (χ4v) is 13.3.